The van der Waals surface area contributed by atoms with Gasteiger partial charge in [-0.1, -0.05) is 25.1 Å². The lowest BCUT2D eigenvalue weighted by atomic mass is 10.00. The van der Waals surface area contributed by atoms with Crippen LogP contribution < -0.4 is 5.32 Å². The van der Waals surface area contributed by atoms with Gasteiger partial charge in [-0.2, -0.15) is 0 Å². The lowest BCUT2D eigenvalue weighted by Gasteiger charge is -2.20. The van der Waals surface area contributed by atoms with Gasteiger partial charge in [0.25, 0.3) is 0 Å². The molecular formula is C17H20BrFN2. The summed E-state index contributed by atoms with van der Waals surface area (Å²) in [6.45, 7) is 2.99. The molecule has 2 nitrogen and oxygen atoms in total. The van der Waals surface area contributed by atoms with Crippen molar-refractivity contribution >= 4 is 15.9 Å². The molecular weight excluding hydrogens is 331 g/mol. The maximum Gasteiger partial charge on any atom is 0.142 e. The first-order valence-electron chi connectivity index (χ1n) is 7.29. The predicted molar refractivity (Wildman–Crippen MR) is 87.7 cm³/mol. The molecule has 0 fully saturated rings. The number of aromatic nitrogens is 1. The van der Waals surface area contributed by atoms with Gasteiger partial charge in [0.2, 0.25) is 0 Å². The topological polar surface area (TPSA) is 24.9 Å². The second-order valence-corrected chi connectivity index (χ2v) is 5.86. The maximum absolute atomic E-state index is 14.3. The fourth-order valence-corrected chi connectivity index (χ4v) is 2.70. The van der Waals surface area contributed by atoms with Crippen molar-refractivity contribution < 1.29 is 4.39 Å². The minimum absolute atomic E-state index is 0.00413. The fraction of sp³-hybridized carbons (Fsp3) is 0.353. The zero-order chi connectivity index (χ0) is 15.1. The molecule has 0 amide bonds. The molecule has 1 N–H and O–H groups in total. The van der Waals surface area contributed by atoms with Gasteiger partial charge >= 0.3 is 0 Å². The first kappa shape index (κ1) is 16.1. The fourth-order valence-electron chi connectivity index (χ4n) is 2.31. The van der Waals surface area contributed by atoms with Crippen LogP contribution in [0.5, 0.6) is 0 Å². The monoisotopic (exact) mass is 350 g/mol. The summed E-state index contributed by atoms with van der Waals surface area (Å²) in [5, 5.41) is 3.44. The van der Waals surface area contributed by atoms with E-state index in [1.54, 1.807) is 12.3 Å². The predicted octanol–water partition coefficient (Wildman–Crippen LogP) is 4.66. The third kappa shape index (κ3) is 4.61. The molecule has 0 radical (unpaired) electrons. The minimum Gasteiger partial charge on any atom is -0.310 e. The van der Waals surface area contributed by atoms with Crippen molar-refractivity contribution in [3.8, 4) is 0 Å². The Morgan fingerprint density at radius 1 is 1.24 bits per heavy atom. The average Bonchev–Trinajstić information content (AvgIpc) is 2.52. The number of hydrogen-bond acceptors (Lipinski definition) is 2. The van der Waals surface area contributed by atoms with E-state index in [1.165, 1.54) is 0 Å². The number of halogens is 2. The standard InChI is InChI=1S/C17H20BrFN2/c1-2-11-21-16(10-9-13-6-3-4-12-20-13)14-7-5-8-15(18)17(14)19/h3-8,12,16,21H,2,9-11H2,1H3. The van der Waals surface area contributed by atoms with Crippen LogP contribution in [0.2, 0.25) is 0 Å². The van der Waals surface area contributed by atoms with E-state index >= 15 is 0 Å². The van der Waals surface area contributed by atoms with Gasteiger partial charge in [-0.15, -0.1) is 0 Å². The van der Waals surface area contributed by atoms with Gasteiger partial charge in [0.05, 0.1) is 4.47 Å². The summed E-state index contributed by atoms with van der Waals surface area (Å²) >= 11 is 3.26. The Bertz CT molecular complexity index is 560. The van der Waals surface area contributed by atoms with Crippen LogP contribution in [0.4, 0.5) is 4.39 Å². The van der Waals surface area contributed by atoms with Crippen LogP contribution in [0.25, 0.3) is 0 Å². The van der Waals surface area contributed by atoms with Crippen molar-refractivity contribution in [3.63, 3.8) is 0 Å². The minimum atomic E-state index is -0.174. The number of nitrogens with one attached hydrogen (secondary N) is 1. The number of rotatable bonds is 7. The Kier molecular flexibility index (Phi) is 6.33. The maximum atomic E-state index is 14.3. The Morgan fingerprint density at radius 2 is 2.10 bits per heavy atom. The zero-order valence-electron chi connectivity index (χ0n) is 12.2. The summed E-state index contributed by atoms with van der Waals surface area (Å²) in [5.74, 6) is -0.174. The van der Waals surface area contributed by atoms with Crippen molar-refractivity contribution in [3.05, 3.63) is 64.1 Å². The zero-order valence-corrected chi connectivity index (χ0v) is 13.7. The van der Waals surface area contributed by atoms with Gasteiger partial charge in [0, 0.05) is 23.5 Å². The third-order valence-electron chi connectivity index (χ3n) is 3.41. The molecule has 4 heteroatoms. The third-order valence-corrected chi connectivity index (χ3v) is 4.03. The molecule has 1 aromatic carbocycles. The average molecular weight is 351 g/mol. The molecule has 0 aliphatic rings. The highest BCUT2D eigenvalue weighted by atomic mass is 79.9. The number of aryl methyl sites for hydroxylation is 1. The van der Waals surface area contributed by atoms with E-state index in [4.69, 9.17) is 0 Å². The van der Waals surface area contributed by atoms with Gasteiger partial charge in [0.15, 0.2) is 0 Å². The quantitative estimate of drug-likeness (QED) is 0.785. The first-order valence-corrected chi connectivity index (χ1v) is 8.09. The molecule has 1 heterocycles. The molecule has 0 saturated carbocycles. The highest BCUT2D eigenvalue weighted by molar-refractivity contribution is 9.10. The molecule has 0 aliphatic heterocycles. The van der Waals surface area contributed by atoms with Gasteiger partial charge < -0.3 is 5.32 Å². The van der Waals surface area contributed by atoms with Crippen LogP contribution in [-0.2, 0) is 6.42 Å². The van der Waals surface area contributed by atoms with E-state index in [9.17, 15) is 4.39 Å². The summed E-state index contributed by atoms with van der Waals surface area (Å²) < 4.78 is 14.8. The van der Waals surface area contributed by atoms with E-state index < -0.39 is 0 Å². The Hall–Kier alpha value is -1.26. The largest absolute Gasteiger partial charge is 0.310 e. The number of nitrogens with zero attached hydrogens (tertiary/aromatic N) is 1. The van der Waals surface area contributed by atoms with Crippen molar-refractivity contribution in [2.75, 3.05) is 6.54 Å². The molecule has 21 heavy (non-hydrogen) atoms. The van der Waals surface area contributed by atoms with Crippen LogP contribution in [0.1, 0.15) is 37.1 Å². The van der Waals surface area contributed by atoms with Crippen molar-refractivity contribution in [1.82, 2.24) is 10.3 Å². The second kappa shape index (κ2) is 8.25. The molecule has 2 aromatic rings. The molecule has 1 unspecified atom stereocenters. The molecule has 0 spiro atoms. The van der Waals surface area contributed by atoms with Crippen LogP contribution in [0.3, 0.4) is 0 Å². The van der Waals surface area contributed by atoms with Crippen LogP contribution in [0.15, 0.2) is 47.1 Å². The van der Waals surface area contributed by atoms with Crippen molar-refractivity contribution in [2.24, 2.45) is 0 Å². The summed E-state index contributed by atoms with van der Waals surface area (Å²) in [5.41, 5.74) is 1.75. The number of benzene rings is 1. The van der Waals surface area contributed by atoms with Crippen LogP contribution in [0, 0.1) is 5.82 Å². The van der Waals surface area contributed by atoms with Gasteiger partial charge in [-0.25, -0.2) is 4.39 Å². The lowest BCUT2D eigenvalue weighted by Crippen LogP contribution is -2.24. The van der Waals surface area contributed by atoms with E-state index in [0.29, 0.717) is 10.0 Å². The van der Waals surface area contributed by atoms with Crippen LogP contribution >= 0.6 is 15.9 Å². The Labute approximate surface area is 133 Å². The normalized spacial score (nSPS) is 12.3. The van der Waals surface area contributed by atoms with E-state index in [2.05, 4.69) is 33.2 Å². The summed E-state index contributed by atoms with van der Waals surface area (Å²) in [6, 6.07) is 11.4. The number of hydrogen-bond donors (Lipinski definition) is 1. The summed E-state index contributed by atoms with van der Waals surface area (Å²) in [6.07, 6.45) is 4.47. The lowest BCUT2D eigenvalue weighted by molar-refractivity contribution is 0.470. The molecule has 0 bridgehead atoms. The van der Waals surface area contributed by atoms with E-state index in [0.717, 1.165) is 31.5 Å². The second-order valence-electron chi connectivity index (χ2n) is 5.01. The van der Waals surface area contributed by atoms with Gasteiger partial charge in [-0.05, 0) is 59.9 Å². The van der Waals surface area contributed by atoms with Crippen molar-refractivity contribution in [1.29, 1.82) is 0 Å². The molecule has 1 atom stereocenters. The highest BCUT2D eigenvalue weighted by Gasteiger charge is 2.16. The van der Waals surface area contributed by atoms with E-state index in [1.807, 2.05) is 30.3 Å². The number of pyridine rings is 1. The first-order chi connectivity index (χ1) is 10.2. The van der Waals surface area contributed by atoms with Crippen molar-refractivity contribution in [2.45, 2.75) is 32.2 Å². The molecule has 1 aromatic heterocycles. The Balaban J connectivity index is 2.12. The molecule has 2 rings (SSSR count). The Morgan fingerprint density at radius 3 is 2.81 bits per heavy atom. The summed E-state index contributed by atoms with van der Waals surface area (Å²) in [4.78, 5) is 4.33. The van der Waals surface area contributed by atoms with E-state index in [-0.39, 0.29) is 11.9 Å². The SMILES string of the molecule is CCCNC(CCc1ccccn1)c1cccc(Br)c1F. The molecule has 0 saturated heterocycles. The highest BCUT2D eigenvalue weighted by Crippen LogP contribution is 2.26. The molecule has 0 aliphatic carbocycles. The smallest absolute Gasteiger partial charge is 0.142 e. The van der Waals surface area contributed by atoms with Crippen LogP contribution in [-0.4, -0.2) is 11.5 Å². The van der Waals surface area contributed by atoms with Gasteiger partial charge in [0.1, 0.15) is 5.82 Å². The summed E-state index contributed by atoms with van der Waals surface area (Å²) in [7, 11) is 0. The van der Waals surface area contributed by atoms with Gasteiger partial charge in [-0.3, -0.25) is 4.98 Å². The molecule has 112 valence electrons.